The van der Waals surface area contributed by atoms with Crippen LogP contribution in [-0.4, -0.2) is 63.6 Å². The van der Waals surface area contributed by atoms with Crippen molar-refractivity contribution in [2.45, 2.75) is 43.9 Å². The van der Waals surface area contributed by atoms with Crippen LogP contribution in [0.1, 0.15) is 25.0 Å². The molecule has 0 aromatic carbocycles. The van der Waals surface area contributed by atoms with Crippen LogP contribution in [0.5, 0.6) is 0 Å². The van der Waals surface area contributed by atoms with E-state index in [9.17, 15) is 9.59 Å². The molecule has 1 spiro atoms. The summed E-state index contributed by atoms with van der Waals surface area (Å²) < 4.78 is 13.5. The first kappa shape index (κ1) is 18.9. The van der Waals surface area contributed by atoms with E-state index >= 15 is 0 Å². The molecule has 2 aliphatic heterocycles. The Bertz CT molecular complexity index is 850. The number of hydrogen-bond donors (Lipinski definition) is 1. The summed E-state index contributed by atoms with van der Waals surface area (Å²) >= 11 is 0. The van der Waals surface area contributed by atoms with E-state index in [2.05, 4.69) is 10.1 Å². The van der Waals surface area contributed by atoms with Gasteiger partial charge >= 0.3 is 0 Å². The molecule has 2 saturated heterocycles. The normalized spacial score (nSPS) is 25.1. The standard InChI is InChI=1S/C20H26N4O4/c25-18(6-5-16-3-1-9-21-16)23-11-12-27-15-20(14-23)8-7-17(28-20)13-24-19(26)4-2-10-22-24/h1-4,9-10,17,21H,5-8,11-15H2. The molecule has 2 fully saturated rings. The first-order valence-electron chi connectivity index (χ1n) is 9.81. The lowest BCUT2D eigenvalue weighted by atomic mass is 10.00. The second-order valence-electron chi connectivity index (χ2n) is 7.57. The third-order valence-corrected chi connectivity index (χ3v) is 5.47. The quantitative estimate of drug-likeness (QED) is 0.827. The maximum atomic E-state index is 12.7. The molecule has 2 unspecified atom stereocenters. The van der Waals surface area contributed by atoms with E-state index in [0.717, 1.165) is 18.5 Å². The summed E-state index contributed by atoms with van der Waals surface area (Å²) in [6.07, 6.45) is 6.15. The third-order valence-electron chi connectivity index (χ3n) is 5.47. The summed E-state index contributed by atoms with van der Waals surface area (Å²) in [6, 6.07) is 7.06. The average molecular weight is 386 g/mol. The molecule has 8 heteroatoms. The van der Waals surface area contributed by atoms with Gasteiger partial charge in [-0.3, -0.25) is 9.59 Å². The molecule has 1 N–H and O–H groups in total. The fourth-order valence-electron chi connectivity index (χ4n) is 4.00. The van der Waals surface area contributed by atoms with E-state index in [1.165, 1.54) is 10.7 Å². The predicted molar refractivity (Wildman–Crippen MR) is 102 cm³/mol. The van der Waals surface area contributed by atoms with Crippen LogP contribution in [0, 0.1) is 0 Å². The lowest BCUT2D eigenvalue weighted by Gasteiger charge is -2.32. The molecule has 1 amide bonds. The number of H-pyrrole nitrogens is 1. The number of rotatable bonds is 5. The highest BCUT2D eigenvalue weighted by atomic mass is 16.6. The van der Waals surface area contributed by atoms with Crippen molar-refractivity contribution in [3.63, 3.8) is 0 Å². The maximum Gasteiger partial charge on any atom is 0.266 e. The van der Waals surface area contributed by atoms with Gasteiger partial charge in [-0.2, -0.15) is 5.10 Å². The Labute approximate surface area is 163 Å². The van der Waals surface area contributed by atoms with Crippen LogP contribution in [0.25, 0.3) is 0 Å². The third kappa shape index (κ3) is 4.34. The molecular formula is C20H26N4O4. The topological polar surface area (TPSA) is 89.5 Å². The smallest absolute Gasteiger partial charge is 0.266 e. The van der Waals surface area contributed by atoms with Crippen LogP contribution in [0.4, 0.5) is 0 Å². The van der Waals surface area contributed by atoms with Crippen LogP contribution in [0.2, 0.25) is 0 Å². The van der Waals surface area contributed by atoms with Crippen molar-refractivity contribution in [2.75, 3.05) is 26.3 Å². The van der Waals surface area contributed by atoms with E-state index in [4.69, 9.17) is 9.47 Å². The van der Waals surface area contributed by atoms with Gasteiger partial charge in [0.15, 0.2) is 0 Å². The number of carbonyl (C=O) groups is 1. The molecule has 28 heavy (non-hydrogen) atoms. The molecule has 2 aromatic heterocycles. The van der Waals surface area contributed by atoms with Crippen molar-refractivity contribution in [1.82, 2.24) is 19.7 Å². The molecule has 4 heterocycles. The number of amides is 1. The molecule has 4 rings (SSSR count). The number of hydrogen-bond acceptors (Lipinski definition) is 5. The average Bonchev–Trinajstić information content (AvgIpc) is 3.29. The zero-order chi connectivity index (χ0) is 19.4. The Hall–Kier alpha value is -2.45. The van der Waals surface area contributed by atoms with Gasteiger partial charge in [-0.1, -0.05) is 0 Å². The maximum absolute atomic E-state index is 12.7. The van der Waals surface area contributed by atoms with Gasteiger partial charge in [0, 0.05) is 37.1 Å². The summed E-state index contributed by atoms with van der Waals surface area (Å²) in [5, 5.41) is 4.11. The van der Waals surface area contributed by atoms with Gasteiger partial charge in [-0.15, -0.1) is 0 Å². The van der Waals surface area contributed by atoms with Crippen LogP contribution in [0.3, 0.4) is 0 Å². The molecule has 0 bridgehead atoms. The van der Waals surface area contributed by atoms with Gasteiger partial charge in [0.1, 0.15) is 5.60 Å². The second kappa shape index (κ2) is 8.28. The van der Waals surface area contributed by atoms with Crippen molar-refractivity contribution in [3.05, 3.63) is 52.7 Å². The summed E-state index contributed by atoms with van der Waals surface area (Å²) in [5.74, 6) is 0.118. The Morgan fingerprint density at radius 3 is 3.11 bits per heavy atom. The van der Waals surface area contributed by atoms with Crippen LogP contribution < -0.4 is 5.56 Å². The number of nitrogens with one attached hydrogen (secondary N) is 1. The minimum atomic E-state index is -0.498. The molecule has 0 saturated carbocycles. The number of aryl methyl sites for hydroxylation is 1. The Kier molecular flexibility index (Phi) is 5.59. The van der Waals surface area contributed by atoms with Gasteiger partial charge in [0.2, 0.25) is 5.91 Å². The first-order valence-corrected chi connectivity index (χ1v) is 9.81. The Balaban J connectivity index is 1.37. The van der Waals surface area contributed by atoms with Crippen molar-refractivity contribution in [3.8, 4) is 0 Å². The number of carbonyl (C=O) groups excluding carboxylic acids is 1. The summed E-state index contributed by atoms with van der Waals surface area (Å²) in [7, 11) is 0. The first-order chi connectivity index (χ1) is 13.6. The Morgan fingerprint density at radius 2 is 2.29 bits per heavy atom. The molecule has 2 atom stereocenters. The largest absolute Gasteiger partial charge is 0.377 e. The van der Waals surface area contributed by atoms with Crippen molar-refractivity contribution >= 4 is 5.91 Å². The molecule has 150 valence electrons. The van der Waals surface area contributed by atoms with E-state index in [1.54, 1.807) is 12.3 Å². The van der Waals surface area contributed by atoms with Crippen molar-refractivity contribution < 1.29 is 14.3 Å². The highest BCUT2D eigenvalue weighted by Crippen LogP contribution is 2.33. The molecule has 0 aliphatic carbocycles. The zero-order valence-electron chi connectivity index (χ0n) is 15.9. The highest BCUT2D eigenvalue weighted by Gasteiger charge is 2.44. The highest BCUT2D eigenvalue weighted by molar-refractivity contribution is 5.76. The monoisotopic (exact) mass is 386 g/mol. The molecule has 2 aromatic rings. The SMILES string of the molecule is O=C(CCc1ccc[nH]1)N1CCOCC2(CCC(Cn3ncccc3=O)O2)C1. The fourth-order valence-corrected chi connectivity index (χ4v) is 4.00. The summed E-state index contributed by atoms with van der Waals surface area (Å²) in [6.45, 7) is 2.52. The van der Waals surface area contributed by atoms with Crippen LogP contribution in [-0.2, 0) is 27.2 Å². The number of nitrogens with zero attached hydrogens (tertiary/aromatic N) is 3. The van der Waals surface area contributed by atoms with E-state index in [1.807, 2.05) is 23.2 Å². The minimum Gasteiger partial charge on any atom is -0.377 e. The second-order valence-corrected chi connectivity index (χ2v) is 7.57. The van der Waals surface area contributed by atoms with Gasteiger partial charge in [-0.25, -0.2) is 4.68 Å². The number of ether oxygens (including phenoxy) is 2. The van der Waals surface area contributed by atoms with Gasteiger partial charge in [0.25, 0.3) is 5.56 Å². The minimum absolute atomic E-state index is 0.106. The lowest BCUT2D eigenvalue weighted by Crippen LogP contribution is -2.47. The van der Waals surface area contributed by atoms with Crippen LogP contribution >= 0.6 is 0 Å². The van der Waals surface area contributed by atoms with E-state index in [-0.39, 0.29) is 17.6 Å². The fraction of sp³-hybridized carbons (Fsp3) is 0.550. The summed E-state index contributed by atoms with van der Waals surface area (Å²) in [5.41, 5.74) is 0.430. The molecule has 8 nitrogen and oxygen atoms in total. The Morgan fingerprint density at radius 1 is 1.36 bits per heavy atom. The van der Waals surface area contributed by atoms with Crippen molar-refractivity contribution in [1.29, 1.82) is 0 Å². The molecule has 2 aliphatic rings. The lowest BCUT2D eigenvalue weighted by molar-refractivity contribution is -0.136. The molecule has 0 radical (unpaired) electrons. The van der Waals surface area contributed by atoms with E-state index < -0.39 is 5.60 Å². The van der Waals surface area contributed by atoms with E-state index in [0.29, 0.717) is 45.7 Å². The summed E-state index contributed by atoms with van der Waals surface area (Å²) in [4.78, 5) is 29.7. The number of aromatic nitrogens is 3. The van der Waals surface area contributed by atoms with Gasteiger partial charge < -0.3 is 19.4 Å². The zero-order valence-corrected chi connectivity index (χ0v) is 15.9. The molecular weight excluding hydrogens is 360 g/mol. The van der Waals surface area contributed by atoms with Gasteiger partial charge in [0.05, 0.1) is 32.4 Å². The van der Waals surface area contributed by atoms with Crippen molar-refractivity contribution in [2.24, 2.45) is 0 Å². The van der Waals surface area contributed by atoms with Gasteiger partial charge in [-0.05, 0) is 37.5 Å². The van der Waals surface area contributed by atoms with Crippen LogP contribution in [0.15, 0.2) is 41.5 Å². The predicted octanol–water partition coefficient (Wildman–Crippen LogP) is 0.981. The number of aromatic amines is 1.